The van der Waals surface area contributed by atoms with Crippen LogP contribution in [-0.2, 0) is 14.3 Å². The lowest BCUT2D eigenvalue weighted by atomic mass is 10.1. The van der Waals surface area contributed by atoms with Crippen LogP contribution in [0.1, 0.15) is 29.5 Å². The number of nitrogens with zero attached hydrogens (tertiary/aromatic N) is 1. The SMILES string of the molecule is CCCN(CC(=O)Nc1ccccc1C)C(=O)COC(=O)c1occc1-c1ccccc1. The summed E-state index contributed by atoms with van der Waals surface area (Å²) in [7, 11) is 0. The van der Waals surface area contributed by atoms with Crippen LogP contribution in [0.15, 0.2) is 71.3 Å². The van der Waals surface area contributed by atoms with Crippen LogP contribution in [0.3, 0.4) is 0 Å². The minimum Gasteiger partial charge on any atom is -0.457 e. The standard InChI is InChI=1S/C25H26N2O5/c1-3-14-27(16-22(28)26-21-12-8-7-9-18(21)2)23(29)17-32-25(30)24-20(13-15-31-24)19-10-5-4-6-11-19/h4-13,15H,3,14,16-17H2,1-2H3,(H,26,28). The molecule has 0 atom stereocenters. The first-order chi connectivity index (χ1) is 15.5. The normalized spacial score (nSPS) is 10.4. The molecule has 7 nitrogen and oxygen atoms in total. The Morgan fingerprint density at radius 1 is 1.00 bits per heavy atom. The number of nitrogens with one attached hydrogen (secondary N) is 1. The number of aryl methyl sites for hydroxylation is 1. The van der Waals surface area contributed by atoms with E-state index in [4.69, 9.17) is 9.15 Å². The highest BCUT2D eigenvalue weighted by Gasteiger charge is 2.22. The van der Waals surface area contributed by atoms with Crippen molar-refractivity contribution in [3.05, 3.63) is 78.3 Å². The highest BCUT2D eigenvalue weighted by molar-refractivity contribution is 5.97. The number of amides is 2. The topological polar surface area (TPSA) is 88.9 Å². The van der Waals surface area contributed by atoms with Crippen LogP contribution in [0.4, 0.5) is 5.69 Å². The van der Waals surface area contributed by atoms with Gasteiger partial charge in [-0.2, -0.15) is 0 Å². The number of rotatable bonds is 9. The van der Waals surface area contributed by atoms with Gasteiger partial charge >= 0.3 is 5.97 Å². The maximum atomic E-state index is 12.7. The number of hydrogen-bond donors (Lipinski definition) is 1. The maximum Gasteiger partial charge on any atom is 0.375 e. The smallest absolute Gasteiger partial charge is 0.375 e. The van der Waals surface area contributed by atoms with E-state index in [1.54, 1.807) is 12.1 Å². The van der Waals surface area contributed by atoms with E-state index >= 15 is 0 Å². The van der Waals surface area contributed by atoms with E-state index in [0.717, 1.165) is 11.1 Å². The van der Waals surface area contributed by atoms with Gasteiger partial charge in [-0.05, 0) is 36.6 Å². The number of furan rings is 1. The molecular formula is C25H26N2O5. The molecule has 1 aromatic heterocycles. The van der Waals surface area contributed by atoms with Crippen LogP contribution in [0, 0.1) is 6.92 Å². The third kappa shape index (κ3) is 5.85. The summed E-state index contributed by atoms with van der Waals surface area (Å²) in [5, 5.41) is 2.81. The van der Waals surface area contributed by atoms with Crippen molar-refractivity contribution in [1.29, 1.82) is 0 Å². The van der Waals surface area contributed by atoms with Gasteiger partial charge in [-0.1, -0.05) is 55.5 Å². The van der Waals surface area contributed by atoms with Gasteiger partial charge in [0.25, 0.3) is 5.91 Å². The lowest BCUT2D eigenvalue weighted by Crippen LogP contribution is -2.40. The van der Waals surface area contributed by atoms with Gasteiger partial charge in [0, 0.05) is 17.8 Å². The van der Waals surface area contributed by atoms with Crippen LogP contribution in [0.2, 0.25) is 0 Å². The van der Waals surface area contributed by atoms with E-state index in [9.17, 15) is 14.4 Å². The predicted octanol–water partition coefficient (Wildman–Crippen LogP) is 4.29. The van der Waals surface area contributed by atoms with Crippen molar-refractivity contribution in [2.75, 3.05) is 25.0 Å². The minimum atomic E-state index is -0.733. The summed E-state index contributed by atoms with van der Waals surface area (Å²) >= 11 is 0. The van der Waals surface area contributed by atoms with Crippen molar-refractivity contribution in [3.63, 3.8) is 0 Å². The third-order valence-electron chi connectivity index (χ3n) is 4.86. The van der Waals surface area contributed by atoms with Gasteiger partial charge in [-0.25, -0.2) is 4.79 Å². The molecule has 0 bridgehead atoms. The second-order valence-corrected chi connectivity index (χ2v) is 7.28. The second kappa shape index (κ2) is 10.9. The predicted molar refractivity (Wildman–Crippen MR) is 121 cm³/mol. The van der Waals surface area contributed by atoms with Gasteiger partial charge in [0.05, 0.1) is 12.8 Å². The van der Waals surface area contributed by atoms with Crippen molar-refractivity contribution in [3.8, 4) is 11.1 Å². The molecule has 0 saturated carbocycles. The molecule has 2 amide bonds. The van der Waals surface area contributed by atoms with Crippen molar-refractivity contribution in [2.24, 2.45) is 0 Å². The number of hydrogen-bond acceptors (Lipinski definition) is 5. The molecule has 7 heteroatoms. The number of para-hydroxylation sites is 1. The van der Waals surface area contributed by atoms with E-state index in [1.807, 2.05) is 62.4 Å². The van der Waals surface area contributed by atoms with Crippen LogP contribution in [-0.4, -0.2) is 42.4 Å². The van der Waals surface area contributed by atoms with Gasteiger partial charge in [-0.3, -0.25) is 9.59 Å². The van der Waals surface area contributed by atoms with Crippen molar-refractivity contribution < 1.29 is 23.5 Å². The number of ether oxygens (including phenoxy) is 1. The fourth-order valence-electron chi connectivity index (χ4n) is 3.23. The molecule has 0 aliphatic carbocycles. The van der Waals surface area contributed by atoms with Gasteiger partial charge < -0.3 is 19.4 Å². The van der Waals surface area contributed by atoms with E-state index in [2.05, 4.69) is 5.32 Å². The van der Waals surface area contributed by atoms with E-state index in [-0.39, 0.29) is 18.2 Å². The Morgan fingerprint density at radius 2 is 1.72 bits per heavy atom. The summed E-state index contributed by atoms with van der Waals surface area (Å²) in [5.74, 6) is -1.47. The Balaban J connectivity index is 1.59. The molecule has 1 N–H and O–H groups in total. The molecule has 166 valence electrons. The Bertz CT molecular complexity index is 1070. The molecule has 0 aliphatic rings. The molecule has 0 aliphatic heterocycles. The Labute approximate surface area is 187 Å². The van der Waals surface area contributed by atoms with E-state index in [0.29, 0.717) is 24.2 Å². The highest BCUT2D eigenvalue weighted by atomic mass is 16.5. The second-order valence-electron chi connectivity index (χ2n) is 7.28. The average molecular weight is 434 g/mol. The molecule has 3 aromatic rings. The molecule has 0 saturated heterocycles. The summed E-state index contributed by atoms with van der Waals surface area (Å²) in [6.07, 6.45) is 2.06. The molecular weight excluding hydrogens is 408 g/mol. The van der Waals surface area contributed by atoms with Crippen LogP contribution < -0.4 is 5.32 Å². The summed E-state index contributed by atoms with van der Waals surface area (Å²) in [5.41, 5.74) is 3.01. The fraction of sp³-hybridized carbons (Fsp3) is 0.240. The summed E-state index contributed by atoms with van der Waals surface area (Å²) in [4.78, 5) is 39.0. The van der Waals surface area contributed by atoms with Crippen molar-refractivity contribution in [2.45, 2.75) is 20.3 Å². The molecule has 2 aromatic carbocycles. The first kappa shape index (κ1) is 22.8. The quantitative estimate of drug-likeness (QED) is 0.508. The first-order valence-electron chi connectivity index (χ1n) is 10.4. The Morgan fingerprint density at radius 3 is 2.44 bits per heavy atom. The molecule has 0 spiro atoms. The van der Waals surface area contributed by atoms with Gasteiger partial charge in [0.1, 0.15) is 0 Å². The fourth-order valence-corrected chi connectivity index (χ4v) is 3.23. The summed E-state index contributed by atoms with van der Waals surface area (Å²) < 4.78 is 10.5. The van der Waals surface area contributed by atoms with Crippen LogP contribution in [0.5, 0.6) is 0 Å². The number of anilines is 1. The van der Waals surface area contributed by atoms with Crippen molar-refractivity contribution in [1.82, 2.24) is 4.90 Å². The van der Waals surface area contributed by atoms with Crippen LogP contribution >= 0.6 is 0 Å². The van der Waals surface area contributed by atoms with Gasteiger partial charge in [-0.15, -0.1) is 0 Å². The summed E-state index contributed by atoms with van der Waals surface area (Å²) in [6.45, 7) is 3.55. The number of carbonyl (C=O) groups is 3. The van der Waals surface area contributed by atoms with Gasteiger partial charge in [0.2, 0.25) is 11.7 Å². The Kier molecular flexibility index (Phi) is 7.80. The lowest BCUT2D eigenvalue weighted by molar-refractivity contribution is -0.137. The Hall–Kier alpha value is -3.87. The number of carbonyl (C=O) groups excluding carboxylic acids is 3. The number of benzene rings is 2. The summed E-state index contributed by atoms with van der Waals surface area (Å²) in [6, 6.07) is 18.4. The zero-order valence-electron chi connectivity index (χ0n) is 18.2. The lowest BCUT2D eigenvalue weighted by Gasteiger charge is -2.21. The largest absolute Gasteiger partial charge is 0.457 e. The molecule has 0 radical (unpaired) electrons. The van der Waals surface area contributed by atoms with E-state index in [1.165, 1.54) is 11.2 Å². The molecule has 0 fully saturated rings. The minimum absolute atomic E-state index is 0.0309. The zero-order valence-corrected chi connectivity index (χ0v) is 18.2. The monoisotopic (exact) mass is 434 g/mol. The van der Waals surface area contributed by atoms with Crippen molar-refractivity contribution >= 4 is 23.5 Å². The number of esters is 1. The molecule has 32 heavy (non-hydrogen) atoms. The highest BCUT2D eigenvalue weighted by Crippen LogP contribution is 2.25. The average Bonchev–Trinajstić information content (AvgIpc) is 3.29. The molecule has 1 heterocycles. The third-order valence-corrected chi connectivity index (χ3v) is 4.86. The maximum absolute atomic E-state index is 12.7. The molecule has 0 unspecified atom stereocenters. The van der Waals surface area contributed by atoms with Gasteiger partial charge in [0.15, 0.2) is 6.61 Å². The zero-order chi connectivity index (χ0) is 22.9. The molecule has 3 rings (SSSR count). The van der Waals surface area contributed by atoms with Crippen LogP contribution in [0.25, 0.3) is 11.1 Å². The van der Waals surface area contributed by atoms with E-state index < -0.39 is 18.5 Å². The first-order valence-corrected chi connectivity index (χ1v) is 10.4.